The van der Waals surface area contributed by atoms with Crippen LogP contribution in [0.15, 0.2) is 24.3 Å². The standard InChI is InChI=1S/C15H20ClN3O3/c1-22-9-6-17-14(20)11-19-8-7-18(15(19)21)10-12-2-4-13(16)5-3-12/h2-5H,6-11H2,1H3,(H,17,20). The van der Waals surface area contributed by atoms with Crippen LogP contribution in [0.1, 0.15) is 5.56 Å². The van der Waals surface area contributed by atoms with E-state index in [2.05, 4.69) is 5.32 Å². The Morgan fingerprint density at radius 3 is 2.64 bits per heavy atom. The molecule has 1 aliphatic heterocycles. The first-order chi connectivity index (χ1) is 10.6. The van der Waals surface area contributed by atoms with Gasteiger partial charge in [0.2, 0.25) is 5.91 Å². The molecule has 22 heavy (non-hydrogen) atoms. The lowest BCUT2D eigenvalue weighted by Crippen LogP contribution is -2.40. The number of nitrogens with zero attached hydrogens (tertiary/aromatic N) is 2. The Hall–Kier alpha value is -1.79. The number of carbonyl (C=O) groups excluding carboxylic acids is 2. The number of halogens is 1. The Morgan fingerprint density at radius 2 is 1.95 bits per heavy atom. The third kappa shape index (κ3) is 4.61. The van der Waals surface area contributed by atoms with E-state index in [1.54, 1.807) is 29.0 Å². The van der Waals surface area contributed by atoms with E-state index in [9.17, 15) is 9.59 Å². The lowest BCUT2D eigenvalue weighted by Gasteiger charge is -2.18. The van der Waals surface area contributed by atoms with E-state index in [1.807, 2.05) is 12.1 Å². The Balaban J connectivity index is 1.81. The van der Waals surface area contributed by atoms with E-state index in [4.69, 9.17) is 16.3 Å². The second kappa shape index (κ2) is 8.00. The highest BCUT2D eigenvalue weighted by Crippen LogP contribution is 2.15. The predicted molar refractivity (Wildman–Crippen MR) is 83.7 cm³/mol. The highest BCUT2D eigenvalue weighted by molar-refractivity contribution is 6.30. The van der Waals surface area contributed by atoms with Crippen molar-refractivity contribution in [2.24, 2.45) is 0 Å². The van der Waals surface area contributed by atoms with Gasteiger partial charge in [0.25, 0.3) is 0 Å². The average molecular weight is 326 g/mol. The first-order valence-electron chi connectivity index (χ1n) is 7.14. The molecule has 0 aromatic heterocycles. The summed E-state index contributed by atoms with van der Waals surface area (Å²) in [5, 5.41) is 3.38. The van der Waals surface area contributed by atoms with Gasteiger partial charge in [-0.2, -0.15) is 0 Å². The van der Waals surface area contributed by atoms with E-state index in [0.29, 0.717) is 37.8 Å². The lowest BCUT2D eigenvalue weighted by molar-refractivity contribution is -0.121. The maximum atomic E-state index is 12.3. The van der Waals surface area contributed by atoms with Crippen LogP contribution in [0.4, 0.5) is 4.79 Å². The molecule has 1 aromatic carbocycles. The zero-order valence-electron chi connectivity index (χ0n) is 12.5. The number of carbonyl (C=O) groups is 2. The molecule has 3 amide bonds. The number of hydrogen-bond donors (Lipinski definition) is 1. The van der Waals surface area contributed by atoms with Gasteiger partial charge in [0.1, 0.15) is 6.54 Å². The number of rotatable bonds is 7. The summed E-state index contributed by atoms with van der Waals surface area (Å²) in [7, 11) is 1.57. The van der Waals surface area contributed by atoms with Crippen LogP contribution in [0.5, 0.6) is 0 Å². The smallest absolute Gasteiger partial charge is 0.320 e. The molecule has 0 radical (unpaired) electrons. The molecule has 1 saturated heterocycles. The van der Waals surface area contributed by atoms with Crippen molar-refractivity contribution in [2.45, 2.75) is 6.54 Å². The molecule has 1 aromatic rings. The zero-order valence-corrected chi connectivity index (χ0v) is 13.3. The molecule has 6 nitrogen and oxygen atoms in total. The fourth-order valence-corrected chi connectivity index (χ4v) is 2.38. The Bertz CT molecular complexity index is 521. The molecule has 7 heteroatoms. The highest BCUT2D eigenvalue weighted by atomic mass is 35.5. The number of nitrogens with one attached hydrogen (secondary N) is 1. The van der Waals surface area contributed by atoms with Gasteiger partial charge in [-0.1, -0.05) is 23.7 Å². The molecule has 1 N–H and O–H groups in total. The van der Waals surface area contributed by atoms with E-state index in [0.717, 1.165) is 5.56 Å². The Morgan fingerprint density at radius 1 is 1.27 bits per heavy atom. The minimum Gasteiger partial charge on any atom is -0.383 e. The van der Waals surface area contributed by atoms with Gasteiger partial charge in [-0.25, -0.2) is 4.79 Å². The largest absolute Gasteiger partial charge is 0.383 e. The van der Waals surface area contributed by atoms with E-state index >= 15 is 0 Å². The van der Waals surface area contributed by atoms with Crippen molar-refractivity contribution in [3.05, 3.63) is 34.9 Å². The minimum atomic E-state index is -0.168. The maximum absolute atomic E-state index is 12.3. The molecule has 0 atom stereocenters. The second-order valence-corrected chi connectivity index (χ2v) is 5.53. The third-order valence-corrected chi connectivity index (χ3v) is 3.68. The van der Waals surface area contributed by atoms with Crippen LogP contribution < -0.4 is 5.32 Å². The third-order valence-electron chi connectivity index (χ3n) is 3.43. The van der Waals surface area contributed by atoms with Crippen molar-refractivity contribution in [3.63, 3.8) is 0 Å². The summed E-state index contributed by atoms with van der Waals surface area (Å²) in [6.07, 6.45) is 0. The molecule has 0 bridgehead atoms. The first kappa shape index (κ1) is 16.6. The van der Waals surface area contributed by atoms with Gasteiger partial charge < -0.3 is 19.9 Å². The summed E-state index contributed by atoms with van der Waals surface area (Å²) >= 11 is 5.85. The summed E-state index contributed by atoms with van der Waals surface area (Å²) in [5.74, 6) is -0.168. The number of hydrogen-bond acceptors (Lipinski definition) is 3. The van der Waals surface area contributed by atoms with Gasteiger partial charge in [-0.05, 0) is 17.7 Å². The predicted octanol–water partition coefficient (Wildman–Crippen LogP) is 1.34. The van der Waals surface area contributed by atoms with E-state index < -0.39 is 0 Å². The van der Waals surface area contributed by atoms with Gasteiger partial charge in [0.15, 0.2) is 0 Å². The zero-order chi connectivity index (χ0) is 15.9. The summed E-state index contributed by atoms with van der Waals surface area (Å²) in [6.45, 7) is 2.70. The van der Waals surface area contributed by atoms with Crippen molar-refractivity contribution >= 4 is 23.5 Å². The quantitative estimate of drug-likeness (QED) is 0.770. The fraction of sp³-hybridized carbons (Fsp3) is 0.467. The highest BCUT2D eigenvalue weighted by Gasteiger charge is 2.29. The molecule has 0 unspecified atom stereocenters. The molecule has 1 heterocycles. The van der Waals surface area contributed by atoms with Crippen LogP contribution in [0.3, 0.4) is 0 Å². The molecule has 2 rings (SSSR count). The molecule has 0 spiro atoms. The summed E-state index contributed by atoms with van der Waals surface area (Å²) in [6, 6.07) is 7.29. The van der Waals surface area contributed by atoms with Crippen molar-refractivity contribution in [3.8, 4) is 0 Å². The van der Waals surface area contributed by atoms with Crippen LogP contribution in [-0.2, 0) is 16.1 Å². The molecular weight excluding hydrogens is 306 g/mol. The number of urea groups is 1. The molecular formula is C15H20ClN3O3. The number of ether oxygens (including phenoxy) is 1. The fourth-order valence-electron chi connectivity index (χ4n) is 2.26. The van der Waals surface area contributed by atoms with Gasteiger partial charge >= 0.3 is 6.03 Å². The van der Waals surface area contributed by atoms with Crippen molar-refractivity contribution in [1.29, 1.82) is 0 Å². The molecule has 0 aliphatic carbocycles. The van der Waals surface area contributed by atoms with Gasteiger partial charge in [0.05, 0.1) is 6.61 Å². The van der Waals surface area contributed by atoms with Crippen LogP contribution >= 0.6 is 11.6 Å². The van der Waals surface area contributed by atoms with E-state index in [-0.39, 0.29) is 18.5 Å². The monoisotopic (exact) mass is 325 g/mol. The van der Waals surface area contributed by atoms with Gasteiger partial charge in [0, 0.05) is 38.3 Å². The SMILES string of the molecule is COCCNC(=O)CN1CCN(Cc2ccc(Cl)cc2)C1=O. The second-order valence-electron chi connectivity index (χ2n) is 5.09. The normalized spacial score (nSPS) is 14.5. The maximum Gasteiger partial charge on any atom is 0.320 e. The first-order valence-corrected chi connectivity index (χ1v) is 7.52. The number of amides is 3. The summed E-state index contributed by atoms with van der Waals surface area (Å²) in [4.78, 5) is 27.3. The average Bonchev–Trinajstić information content (AvgIpc) is 2.83. The van der Waals surface area contributed by atoms with Crippen LogP contribution in [0.25, 0.3) is 0 Å². The lowest BCUT2D eigenvalue weighted by atomic mass is 10.2. The topological polar surface area (TPSA) is 61.9 Å². The van der Waals surface area contributed by atoms with Crippen molar-refractivity contribution in [1.82, 2.24) is 15.1 Å². The molecule has 1 fully saturated rings. The Labute approximate surface area is 135 Å². The molecule has 120 valence electrons. The van der Waals surface area contributed by atoms with Crippen LogP contribution in [0.2, 0.25) is 5.02 Å². The van der Waals surface area contributed by atoms with Crippen molar-refractivity contribution in [2.75, 3.05) is 39.9 Å². The summed E-state index contributed by atoms with van der Waals surface area (Å²) in [5.41, 5.74) is 1.02. The molecule has 0 saturated carbocycles. The molecule has 1 aliphatic rings. The van der Waals surface area contributed by atoms with Gasteiger partial charge in [-0.15, -0.1) is 0 Å². The number of methoxy groups -OCH3 is 1. The summed E-state index contributed by atoms with van der Waals surface area (Å²) < 4.78 is 4.86. The minimum absolute atomic E-state index is 0.0830. The Kier molecular flexibility index (Phi) is 6.03. The van der Waals surface area contributed by atoms with Gasteiger partial charge in [-0.3, -0.25) is 4.79 Å². The van der Waals surface area contributed by atoms with E-state index in [1.165, 1.54) is 0 Å². The van der Waals surface area contributed by atoms with Crippen molar-refractivity contribution < 1.29 is 14.3 Å². The number of benzene rings is 1. The van der Waals surface area contributed by atoms with Crippen LogP contribution in [-0.4, -0.2) is 61.6 Å². The van der Waals surface area contributed by atoms with Crippen LogP contribution in [0, 0.1) is 0 Å².